The zero-order valence-corrected chi connectivity index (χ0v) is 11.2. The molecule has 0 spiro atoms. The third-order valence-electron chi connectivity index (χ3n) is 5.42. The maximum Gasteiger partial charge on any atom is 0.0609 e. The minimum atomic E-state index is 0.458. The van der Waals surface area contributed by atoms with Crippen molar-refractivity contribution in [1.29, 1.82) is 0 Å². The molecule has 0 aromatic heterocycles. The van der Waals surface area contributed by atoms with Crippen LogP contribution in [0.5, 0.6) is 0 Å². The van der Waals surface area contributed by atoms with Crippen LogP contribution < -0.4 is 0 Å². The number of allylic oxidation sites excluding steroid dienone is 3. The summed E-state index contributed by atoms with van der Waals surface area (Å²) in [5, 5.41) is 0. The summed E-state index contributed by atoms with van der Waals surface area (Å²) in [6.07, 6.45) is 14.6. The molecule has 94 valence electrons. The molecule has 0 heterocycles. The van der Waals surface area contributed by atoms with Gasteiger partial charge in [0.25, 0.3) is 0 Å². The van der Waals surface area contributed by atoms with Gasteiger partial charge in [-0.05, 0) is 49.9 Å². The molecule has 0 unspecified atom stereocenters. The highest BCUT2D eigenvalue weighted by Crippen LogP contribution is 2.55. The average molecular weight is 232 g/mol. The van der Waals surface area contributed by atoms with E-state index < -0.39 is 0 Å². The Kier molecular flexibility index (Phi) is 2.90. The minimum absolute atomic E-state index is 0.458. The van der Waals surface area contributed by atoms with Crippen LogP contribution in [0.4, 0.5) is 0 Å². The van der Waals surface area contributed by atoms with Gasteiger partial charge in [-0.25, -0.2) is 0 Å². The molecule has 1 nitrogen and oxygen atoms in total. The van der Waals surface area contributed by atoms with Gasteiger partial charge < -0.3 is 4.74 Å². The van der Waals surface area contributed by atoms with Crippen LogP contribution in [0.2, 0.25) is 0 Å². The van der Waals surface area contributed by atoms with E-state index in [1.807, 2.05) is 7.11 Å². The number of methoxy groups -OCH3 is 1. The largest absolute Gasteiger partial charge is 0.381 e. The van der Waals surface area contributed by atoms with Crippen molar-refractivity contribution < 1.29 is 4.74 Å². The second kappa shape index (κ2) is 4.28. The topological polar surface area (TPSA) is 9.23 Å². The first-order valence-corrected chi connectivity index (χ1v) is 7.17. The highest BCUT2D eigenvalue weighted by atomic mass is 16.5. The van der Waals surface area contributed by atoms with Crippen molar-refractivity contribution in [2.24, 2.45) is 11.3 Å². The summed E-state index contributed by atoms with van der Waals surface area (Å²) in [6, 6.07) is 0. The second-order valence-electron chi connectivity index (χ2n) is 6.25. The number of ether oxygens (including phenoxy) is 1. The third kappa shape index (κ3) is 1.79. The quantitative estimate of drug-likeness (QED) is 0.657. The zero-order chi connectivity index (χ0) is 11.9. The van der Waals surface area contributed by atoms with E-state index in [2.05, 4.69) is 19.1 Å². The molecule has 0 saturated heterocycles. The molecule has 0 amide bonds. The van der Waals surface area contributed by atoms with Crippen LogP contribution in [0.15, 0.2) is 23.3 Å². The molecule has 17 heavy (non-hydrogen) atoms. The number of hydrogen-bond donors (Lipinski definition) is 0. The molecular formula is C16H24O. The first-order chi connectivity index (χ1) is 8.24. The van der Waals surface area contributed by atoms with Crippen molar-refractivity contribution in [2.45, 2.75) is 58.0 Å². The van der Waals surface area contributed by atoms with E-state index in [9.17, 15) is 0 Å². The third-order valence-corrected chi connectivity index (χ3v) is 5.42. The van der Waals surface area contributed by atoms with E-state index in [0.717, 1.165) is 12.3 Å². The highest BCUT2D eigenvalue weighted by Gasteiger charge is 2.44. The fourth-order valence-electron chi connectivity index (χ4n) is 4.23. The lowest BCUT2D eigenvalue weighted by Gasteiger charge is -2.49. The Bertz CT molecular complexity index is 366. The molecule has 1 heteroatoms. The number of fused-ring (bicyclic) bond motifs is 3. The smallest absolute Gasteiger partial charge is 0.0609 e. The van der Waals surface area contributed by atoms with E-state index in [1.54, 1.807) is 11.1 Å². The Labute approximate surface area is 105 Å². The lowest BCUT2D eigenvalue weighted by Crippen LogP contribution is -2.40. The van der Waals surface area contributed by atoms with Crippen LogP contribution in [0.25, 0.3) is 0 Å². The zero-order valence-electron chi connectivity index (χ0n) is 11.2. The minimum Gasteiger partial charge on any atom is -0.381 e. The summed E-state index contributed by atoms with van der Waals surface area (Å²) < 4.78 is 5.56. The Balaban J connectivity index is 1.91. The van der Waals surface area contributed by atoms with Crippen molar-refractivity contribution in [3.05, 3.63) is 23.3 Å². The number of rotatable bonds is 1. The normalized spacial score (nSPS) is 41.1. The lowest BCUT2D eigenvalue weighted by molar-refractivity contribution is 0.0452. The van der Waals surface area contributed by atoms with Crippen LogP contribution in [0.3, 0.4) is 0 Å². The van der Waals surface area contributed by atoms with E-state index in [-0.39, 0.29) is 0 Å². The Morgan fingerprint density at radius 3 is 2.94 bits per heavy atom. The summed E-state index contributed by atoms with van der Waals surface area (Å²) in [4.78, 5) is 0. The SMILES string of the molecule is CO[C@H]1CC[C@]2(C)C(=CC=C3CCCC[C@H]32)C1. The van der Waals surface area contributed by atoms with Crippen LogP contribution in [0, 0.1) is 11.3 Å². The highest BCUT2D eigenvalue weighted by molar-refractivity contribution is 5.35. The molecule has 0 aliphatic heterocycles. The Morgan fingerprint density at radius 1 is 1.24 bits per heavy atom. The fourth-order valence-corrected chi connectivity index (χ4v) is 4.23. The molecule has 0 bridgehead atoms. The van der Waals surface area contributed by atoms with Crippen LogP contribution in [0.1, 0.15) is 51.9 Å². The Morgan fingerprint density at radius 2 is 2.12 bits per heavy atom. The molecule has 3 aliphatic carbocycles. The van der Waals surface area contributed by atoms with Crippen LogP contribution in [-0.4, -0.2) is 13.2 Å². The van der Waals surface area contributed by atoms with Gasteiger partial charge in [0.2, 0.25) is 0 Å². The van der Waals surface area contributed by atoms with Gasteiger partial charge in [-0.15, -0.1) is 0 Å². The van der Waals surface area contributed by atoms with Gasteiger partial charge in [0.15, 0.2) is 0 Å². The molecular weight excluding hydrogens is 208 g/mol. The van der Waals surface area contributed by atoms with Crippen molar-refractivity contribution >= 4 is 0 Å². The molecule has 3 rings (SSSR count). The van der Waals surface area contributed by atoms with Crippen molar-refractivity contribution in [1.82, 2.24) is 0 Å². The summed E-state index contributed by atoms with van der Waals surface area (Å²) in [5.41, 5.74) is 3.85. The molecule has 0 aromatic rings. The van der Waals surface area contributed by atoms with Gasteiger partial charge in [0, 0.05) is 7.11 Å². The first-order valence-electron chi connectivity index (χ1n) is 7.17. The van der Waals surface area contributed by atoms with Gasteiger partial charge in [-0.1, -0.05) is 36.6 Å². The summed E-state index contributed by atoms with van der Waals surface area (Å²) in [7, 11) is 1.86. The predicted molar refractivity (Wildman–Crippen MR) is 70.9 cm³/mol. The lowest BCUT2D eigenvalue weighted by atomic mass is 9.56. The average Bonchev–Trinajstić information content (AvgIpc) is 2.38. The maximum absolute atomic E-state index is 5.56. The van der Waals surface area contributed by atoms with Crippen LogP contribution in [-0.2, 0) is 4.74 Å². The summed E-state index contributed by atoms with van der Waals surface area (Å²) >= 11 is 0. The maximum atomic E-state index is 5.56. The predicted octanol–water partition coefficient (Wildman–Crippen LogP) is 4.25. The fraction of sp³-hybridized carbons (Fsp3) is 0.750. The van der Waals surface area contributed by atoms with Gasteiger partial charge >= 0.3 is 0 Å². The van der Waals surface area contributed by atoms with Gasteiger partial charge in [-0.2, -0.15) is 0 Å². The molecule has 3 aliphatic rings. The monoisotopic (exact) mass is 232 g/mol. The molecule has 0 aromatic carbocycles. The van der Waals surface area contributed by atoms with Crippen molar-refractivity contribution in [3.8, 4) is 0 Å². The van der Waals surface area contributed by atoms with Crippen molar-refractivity contribution in [2.75, 3.05) is 7.11 Å². The second-order valence-corrected chi connectivity index (χ2v) is 6.25. The number of hydrogen-bond acceptors (Lipinski definition) is 1. The van der Waals surface area contributed by atoms with Gasteiger partial charge in [0.1, 0.15) is 0 Å². The van der Waals surface area contributed by atoms with Crippen LogP contribution >= 0.6 is 0 Å². The molecule has 2 saturated carbocycles. The van der Waals surface area contributed by atoms with Crippen molar-refractivity contribution in [3.63, 3.8) is 0 Å². The summed E-state index contributed by atoms with van der Waals surface area (Å²) in [6.45, 7) is 2.51. The van der Waals surface area contributed by atoms with E-state index in [4.69, 9.17) is 4.74 Å². The van der Waals surface area contributed by atoms with E-state index in [0.29, 0.717) is 11.5 Å². The van der Waals surface area contributed by atoms with Gasteiger partial charge in [-0.3, -0.25) is 0 Å². The standard InChI is InChI=1S/C16H24O/c1-16-10-9-14(17-2)11-13(16)8-7-12-5-3-4-6-15(12)16/h7-8,14-15H,3-6,9-11H2,1-2H3/t14-,15+,16+/m0/s1. The van der Waals surface area contributed by atoms with Gasteiger partial charge in [0.05, 0.1) is 6.10 Å². The first kappa shape index (κ1) is 11.5. The molecule has 2 fully saturated rings. The summed E-state index contributed by atoms with van der Waals surface area (Å²) in [5.74, 6) is 0.842. The molecule has 0 N–H and O–H groups in total. The molecule has 3 atom stereocenters. The van der Waals surface area contributed by atoms with E-state index in [1.165, 1.54) is 38.5 Å². The Hall–Kier alpha value is -0.560. The molecule has 0 radical (unpaired) electrons. The van der Waals surface area contributed by atoms with E-state index >= 15 is 0 Å².